The quantitative estimate of drug-likeness (QED) is 0.629. The third-order valence-corrected chi connectivity index (χ3v) is 6.40. The number of carbonyl (C=O) groups excluding carboxylic acids is 2. The number of aryl methyl sites for hydroxylation is 1. The van der Waals surface area contributed by atoms with Crippen LogP contribution in [0.5, 0.6) is 11.5 Å². The van der Waals surface area contributed by atoms with E-state index in [1.807, 2.05) is 45.9 Å². The summed E-state index contributed by atoms with van der Waals surface area (Å²) in [6.07, 6.45) is 0. The second kappa shape index (κ2) is 7.31. The van der Waals surface area contributed by atoms with Crippen molar-refractivity contribution in [2.45, 2.75) is 27.7 Å². The number of hydrogen-bond acceptors (Lipinski definition) is 7. The lowest BCUT2D eigenvalue weighted by molar-refractivity contribution is -0.123. The Morgan fingerprint density at radius 1 is 1.03 bits per heavy atom. The van der Waals surface area contributed by atoms with Crippen LogP contribution in [-0.4, -0.2) is 30.0 Å². The molecule has 2 N–H and O–H groups in total. The summed E-state index contributed by atoms with van der Waals surface area (Å²) in [5, 5.41) is 6.89. The topological polar surface area (TPSA) is 89.6 Å². The highest BCUT2D eigenvalue weighted by Gasteiger charge is 2.23. The Hall–Kier alpha value is -2.65. The Labute approximate surface area is 176 Å². The highest BCUT2D eigenvalue weighted by Crippen LogP contribution is 2.38. The van der Waals surface area contributed by atoms with Crippen LogP contribution < -0.4 is 20.1 Å². The molecule has 9 heteroatoms. The molecule has 1 aromatic carbocycles. The normalized spacial score (nSPS) is 13.4. The average molecular weight is 432 g/mol. The first-order chi connectivity index (χ1) is 13.7. The van der Waals surface area contributed by atoms with E-state index in [1.165, 1.54) is 22.7 Å². The molecular weight excluding hydrogens is 410 g/mol. The van der Waals surface area contributed by atoms with Crippen LogP contribution in [0.4, 0.5) is 10.1 Å². The number of aromatic nitrogens is 1. The van der Waals surface area contributed by atoms with Gasteiger partial charge < -0.3 is 14.8 Å². The molecule has 0 unspecified atom stereocenters. The number of amides is 2. The zero-order chi connectivity index (χ0) is 20.8. The van der Waals surface area contributed by atoms with Gasteiger partial charge in [0.2, 0.25) is 5.91 Å². The van der Waals surface area contributed by atoms with E-state index in [2.05, 4.69) is 15.6 Å². The first-order valence-corrected chi connectivity index (χ1v) is 10.8. The Balaban J connectivity index is 1.53. The summed E-state index contributed by atoms with van der Waals surface area (Å²) < 4.78 is 12.1. The fourth-order valence-electron chi connectivity index (χ4n) is 2.74. The summed E-state index contributed by atoms with van der Waals surface area (Å²) in [6.45, 7) is 8.41. The van der Waals surface area contributed by atoms with Gasteiger partial charge in [-0.15, -0.1) is 11.3 Å². The van der Waals surface area contributed by atoms with Crippen molar-refractivity contribution in [1.29, 1.82) is 0 Å². The van der Waals surface area contributed by atoms with Gasteiger partial charge in [-0.25, -0.2) is 4.98 Å². The SMILES string of the molecule is Cc1cc(NC(=O)C(C)(C)C)sc1C(=O)Nc1nc2cc3c(cc2s1)OCCO3. The van der Waals surface area contributed by atoms with Gasteiger partial charge >= 0.3 is 0 Å². The minimum atomic E-state index is -0.506. The Morgan fingerprint density at radius 2 is 1.72 bits per heavy atom. The van der Waals surface area contributed by atoms with Gasteiger partial charge in [-0.1, -0.05) is 32.1 Å². The lowest BCUT2D eigenvalue weighted by atomic mass is 9.96. The standard InChI is InChI=1S/C20H21N3O4S2/c1-10-7-15(22-18(25)20(2,3)4)29-16(10)17(24)23-19-21-11-8-12-13(9-14(11)28-19)27-6-5-26-12/h7-9H,5-6H2,1-4H3,(H,22,25)(H,21,23,24). The molecule has 0 saturated heterocycles. The van der Waals surface area contributed by atoms with Gasteiger partial charge in [-0.05, 0) is 18.6 Å². The molecule has 7 nitrogen and oxygen atoms in total. The van der Waals surface area contributed by atoms with E-state index in [-0.39, 0.29) is 11.8 Å². The molecule has 0 saturated carbocycles. The lowest BCUT2D eigenvalue weighted by Gasteiger charge is -2.17. The fraction of sp³-hybridized carbons (Fsp3) is 0.350. The molecular formula is C20H21N3O4S2. The number of carbonyl (C=O) groups is 2. The number of fused-ring (bicyclic) bond motifs is 2. The van der Waals surface area contributed by atoms with Crippen LogP contribution in [0.2, 0.25) is 0 Å². The van der Waals surface area contributed by atoms with Gasteiger partial charge in [0, 0.05) is 17.5 Å². The van der Waals surface area contributed by atoms with E-state index < -0.39 is 5.41 Å². The van der Waals surface area contributed by atoms with Gasteiger partial charge in [-0.2, -0.15) is 0 Å². The molecule has 0 fully saturated rings. The monoisotopic (exact) mass is 431 g/mol. The van der Waals surface area contributed by atoms with Gasteiger partial charge in [0.05, 0.1) is 20.1 Å². The number of nitrogens with one attached hydrogen (secondary N) is 2. The van der Waals surface area contributed by atoms with Crippen molar-refractivity contribution in [3.05, 3.63) is 28.6 Å². The van der Waals surface area contributed by atoms with Crippen LogP contribution in [0.3, 0.4) is 0 Å². The number of benzene rings is 1. The van der Waals surface area contributed by atoms with E-state index in [4.69, 9.17) is 9.47 Å². The molecule has 29 heavy (non-hydrogen) atoms. The average Bonchev–Trinajstić information content (AvgIpc) is 3.20. The van der Waals surface area contributed by atoms with Gasteiger partial charge in [0.1, 0.15) is 13.2 Å². The highest BCUT2D eigenvalue weighted by atomic mass is 32.1. The molecule has 0 atom stereocenters. The number of thiophene rings is 1. The number of nitrogens with zero attached hydrogens (tertiary/aromatic N) is 1. The second-order valence-corrected chi connectivity index (χ2v) is 9.85. The Morgan fingerprint density at radius 3 is 2.41 bits per heavy atom. The van der Waals surface area contributed by atoms with Crippen molar-refractivity contribution >= 4 is 54.8 Å². The molecule has 1 aliphatic rings. The third kappa shape index (κ3) is 4.06. The molecule has 1 aliphatic heterocycles. The Bertz CT molecular complexity index is 1070. The van der Waals surface area contributed by atoms with Crippen molar-refractivity contribution in [2.75, 3.05) is 23.8 Å². The van der Waals surface area contributed by atoms with E-state index in [9.17, 15) is 9.59 Å². The maximum atomic E-state index is 12.8. The molecule has 3 aromatic rings. The summed E-state index contributed by atoms with van der Waals surface area (Å²) in [4.78, 5) is 30.0. The lowest BCUT2D eigenvalue weighted by Crippen LogP contribution is -2.27. The summed E-state index contributed by atoms with van der Waals surface area (Å²) in [7, 11) is 0. The summed E-state index contributed by atoms with van der Waals surface area (Å²) in [5.74, 6) is 1.02. The van der Waals surface area contributed by atoms with Crippen LogP contribution in [0, 0.1) is 12.3 Å². The first-order valence-electron chi connectivity index (χ1n) is 9.14. The molecule has 0 bridgehead atoms. The molecule has 3 heterocycles. The van der Waals surface area contributed by atoms with Crippen molar-refractivity contribution in [3.8, 4) is 11.5 Å². The molecule has 4 rings (SSSR count). The second-order valence-electron chi connectivity index (χ2n) is 7.76. The smallest absolute Gasteiger partial charge is 0.267 e. The fourth-order valence-corrected chi connectivity index (χ4v) is 4.57. The first kappa shape index (κ1) is 19.7. The van der Waals surface area contributed by atoms with Crippen LogP contribution in [0.1, 0.15) is 36.0 Å². The summed E-state index contributed by atoms with van der Waals surface area (Å²) in [5.41, 5.74) is 1.04. The third-order valence-electron chi connectivity index (χ3n) is 4.31. The molecule has 152 valence electrons. The maximum Gasteiger partial charge on any atom is 0.267 e. The predicted octanol–water partition coefficient (Wildman–Crippen LogP) is 4.67. The Kier molecular flexibility index (Phi) is 4.95. The number of rotatable bonds is 3. The number of anilines is 2. The molecule has 0 radical (unpaired) electrons. The van der Waals surface area contributed by atoms with Crippen LogP contribution in [0.15, 0.2) is 18.2 Å². The van der Waals surface area contributed by atoms with Gasteiger partial charge in [0.25, 0.3) is 5.91 Å². The van der Waals surface area contributed by atoms with Crippen molar-refractivity contribution in [1.82, 2.24) is 4.98 Å². The zero-order valence-electron chi connectivity index (χ0n) is 16.5. The summed E-state index contributed by atoms with van der Waals surface area (Å²) >= 11 is 2.63. The van der Waals surface area contributed by atoms with E-state index >= 15 is 0 Å². The molecule has 0 spiro atoms. The maximum absolute atomic E-state index is 12.8. The van der Waals surface area contributed by atoms with Gasteiger partial charge in [-0.3, -0.25) is 14.9 Å². The van der Waals surface area contributed by atoms with Crippen molar-refractivity contribution in [2.24, 2.45) is 5.41 Å². The van der Waals surface area contributed by atoms with Crippen LogP contribution >= 0.6 is 22.7 Å². The van der Waals surface area contributed by atoms with Crippen LogP contribution in [0.25, 0.3) is 10.2 Å². The zero-order valence-corrected chi connectivity index (χ0v) is 18.2. The van der Waals surface area contributed by atoms with E-state index in [1.54, 1.807) is 0 Å². The number of hydrogen-bond donors (Lipinski definition) is 2. The number of thiazole rings is 1. The molecule has 2 amide bonds. The van der Waals surface area contributed by atoms with E-state index in [0.717, 1.165) is 15.8 Å². The molecule has 0 aliphatic carbocycles. The number of ether oxygens (including phenoxy) is 2. The van der Waals surface area contributed by atoms with Gasteiger partial charge in [0.15, 0.2) is 16.6 Å². The highest BCUT2D eigenvalue weighted by molar-refractivity contribution is 7.22. The van der Waals surface area contributed by atoms with Crippen molar-refractivity contribution in [3.63, 3.8) is 0 Å². The minimum Gasteiger partial charge on any atom is -0.486 e. The molecule has 2 aromatic heterocycles. The van der Waals surface area contributed by atoms with E-state index in [0.29, 0.717) is 39.7 Å². The largest absolute Gasteiger partial charge is 0.486 e. The van der Waals surface area contributed by atoms with Crippen LogP contribution in [-0.2, 0) is 4.79 Å². The predicted molar refractivity (Wildman–Crippen MR) is 116 cm³/mol. The minimum absolute atomic E-state index is 0.0923. The summed E-state index contributed by atoms with van der Waals surface area (Å²) in [6, 6.07) is 5.52. The van der Waals surface area contributed by atoms with Crippen molar-refractivity contribution < 1.29 is 19.1 Å².